The lowest BCUT2D eigenvalue weighted by Crippen LogP contribution is -2.46. The predicted molar refractivity (Wildman–Crippen MR) is 157 cm³/mol. The van der Waals surface area contributed by atoms with Gasteiger partial charge in [-0.25, -0.2) is 28.6 Å². The third kappa shape index (κ3) is 7.71. The number of ether oxygens (including phenoxy) is 2. The summed E-state index contributed by atoms with van der Waals surface area (Å²) in [5.74, 6) is -0.787. The van der Waals surface area contributed by atoms with Crippen molar-refractivity contribution >= 4 is 46.2 Å². The zero-order chi connectivity index (χ0) is 36.2. The molecule has 4 aromatic heterocycles. The number of aliphatic hydroxyl groups excluding tert-OH is 3. The first-order valence-electron chi connectivity index (χ1n) is 14.1. The summed E-state index contributed by atoms with van der Waals surface area (Å²) in [6.07, 6.45) is -4.83. The molecule has 9 N–H and O–H groups in total. The lowest BCUT2D eigenvalue weighted by Gasteiger charge is -2.22. The number of phosphoric ester groups is 3. The van der Waals surface area contributed by atoms with Crippen LogP contribution in [0.15, 0.2) is 49.6 Å². The minimum absolute atomic E-state index is 0.0451. The number of rotatable bonds is 13. The monoisotopic (exact) mass is 768 g/mol. The molecule has 0 radical (unpaired) electrons. The summed E-state index contributed by atoms with van der Waals surface area (Å²) in [5.41, 5.74) is 6.01. The van der Waals surface area contributed by atoms with E-state index in [9.17, 15) is 53.4 Å². The number of phosphoric acid groups is 3. The molecule has 0 aromatic carbocycles. The van der Waals surface area contributed by atoms with Gasteiger partial charge in [-0.15, -0.1) is 0 Å². The number of hydrogen-bond donors (Lipinski definition) is 8. The van der Waals surface area contributed by atoms with E-state index in [0.29, 0.717) is 5.65 Å². The Morgan fingerprint density at radius 1 is 0.920 bits per heavy atom. The summed E-state index contributed by atoms with van der Waals surface area (Å²) < 4.78 is 70.5. The summed E-state index contributed by atoms with van der Waals surface area (Å²) in [4.78, 5) is 63.3. The summed E-state index contributed by atoms with van der Waals surface area (Å²) in [6, 6.07) is 2.80. The highest BCUT2D eigenvalue weighted by atomic mass is 31.3. The van der Waals surface area contributed by atoms with Crippen LogP contribution in [0.1, 0.15) is 22.8 Å². The molecule has 6 heterocycles. The Bertz CT molecular complexity index is 2040. The Morgan fingerprint density at radius 3 is 2.26 bits per heavy atom. The highest BCUT2D eigenvalue weighted by Gasteiger charge is 2.51. The van der Waals surface area contributed by atoms with E-state index in [1.807, 2.05) is 0 Å². The average molecular weight is 768 g/mol. The van der Waals surface area contributed by atoms with E-state index in [1.54, 1.807) is 10.6 Å². The van der Waals surface area contributed by atoms with Gasteiger partial charge in [0.2, 0.25) is 0 Å². The summed E-state index contributed by atoms with van der Waals surface area (Å²) in [6.45, 7) is -2.01. The SMILES string of the molecule is NC(=O)c1ccc[n+]([C@@H]2O[C@H](COP(=O)(O)OP(=O)(O)OC[C@H]3O[C@@H](n4cnc5c4ncn4ccnc54)[C@H](OP(=O)(O)O)[C@@H]3O)[C@@H](O)[C@H]2O)c1. The van der Waals surface area contributed by atoms with Gasteiger partial charge >= 0.3 is 23.5 Å². The third-order valence-corrected chi connectivity index (χ3v) is 10.7. The lowest BCUT2D eigenvalue weighted by molar-refractivity contribution is -0.765. The maximum Gasteiger partial charge on any atom is 0.481 e. The van der Waals surface area contributed by atoms with Crippen molar-refractivity contribution in [3.05, 3.63) is 55.1 Å². The van der Waals surface area contributed by atoms with E-state index in [1.165, 1.54) is 52.5 Å². The second-order valence-corrected chi connectivity index (χ2v) is 15.1. The molecule has 0 aliphatic carbocycles. The van der Waals surface area contributed by atoms with Crippen LogP contribution in [0.2, 0.25) is 0 Å². The molecule has 0 bridgehead atoms. The van der Waals surface area contributed by atoms with Crippen molar-refractivity contribution in [2.45, 2.75) is 49.1 Å². The number of carbonyl (C=O) groups is 1. The molecule has 2 fully saturated rings. The van der Waals surface area contributed by atoms with E-state index in [-0.39, 0.29) is 16.7 Å². The van der Waals surface area contributed by atoms with Crippen LogP contribution >= 0.6 is 23.5 Å². The van der Waals surface area contributed by atoms with Gasteiger partial charge in [-0.2, -0.15) is 8.88 Å². The van der Waals surface area contributed by atoms with Gasteiger partial charge < -0.3 is 50.1 Å². The predicted octanol–water partition coefficient (Wildman–Crippen LogP) is -2.23. The van der Waals surface area contributed by atoms with Crippen molar-refractivity contribution in [3.63, 3.8) is 0 Å². The number of aliphatic hydroxyl groups is 3. The van der Waals surface area contributed by atoms with Gasteiger partial charge in [-0.1, -0.05) is 0 Å². The van der Waals surface area contributed by atoms with Crippen LogP contribution in [0.3, 0.4) is 0 Å². The molecule has 4 aromatic rings. The van der Waals surface area contributed by atoms with Gasteiger partial charge in [0, 0.05) is 18.5 Å². The quantitative estimate of drug-likeness (QED) is 0.0527. The first-order chi connectivity index (χ1) is 23.4. The number of nitrogens with zero attached hydrogens (tertiary/aromatic N) is 6. The Kier molecular flexibility index (Phi) is 10.1. The van der Waals surface area contributed by atoms with Crippen LogP contribution in [0.4, 0.5) is 0 Å². The minimum atomic E-state index is -5.52. The van der Waals surface area contributed by atoms with Gasteiger partial charge in [0.05, 0.1) is 19.5 Å². The molecule has 27 heteroatoms. The Balaban J connectivity index is 1.09. The molecule has 1 amide bonds. The van der Waals surface area contributed by atoms with Crippen molar-refractivity contribution in [1.82, 2.24) is 23.9 Å². The smallest absolute Gasteiger partial charge is 0.387 e. The van der Waals surface area contributed by atoms with Gasteiger partial charge in [0.15, 0.2) is 41.5 Å². The summed E-state index contributed by atoms with van der Waals surface area (Å²) >= 11 is 0. The molecule has 6 rings (SSSR count). The van der Waals surface area contributed by atoms with E-state index in [4.69, 9.17) is 28.8 Å². The molecule has 0 saturated carbocycles. The van der Waals surface area contributed by atoms with Gasteiger partial charge in [-0.05, 0) is 6.07 Å². The van der Waals surface area contributed by atoms with E-state index < -0.39 is 91.7 Å². The van der Waals surface area contributed by atoms with Crippen molar-refractivity contribution in [3.8, 4) is 0 Å². The molecule has 50 heavy (non-hydrogen) atoms. The second kappa shape index (κ2) is 13.8. The molecule has 2 aliphatic heterocycles. The van der Waals surface area contributed by atoms with Crippen molar-refractivity contribution in [2.24, 2.45) is 5.73 Å². The average Bonchev–Trinajstić information content (AvgIpc) is 3.80. The summed E-state index contributed by atoms with van der Waals surface area (Å²) in [5, 5.41) is 31.7. The number of carbonyl (C=O) groups excluding carboxylic acids is 1. The van der Waals surface area contributed by atoms with E-state index in [0.717, 1.165) is 0 Å². The second-order valence-electron chi connectivity index (χ2n) is 10.9. The first-order valence-corrected chi connectivity index (χ1v) is 18.6. The highest BCUT2D eigenvalue weighted by molar-refractivity contribution is 7.61. The molecular formula is C23H29N7O17P3+. The number of fused-ring (bicyclic) bond motifs is 3. The fraction of sp³-hybridized carbons (Fsp3) is 0.435. The molecule has 2 saturated heterocycles. The Morgan fingerprint density at radius 2 is 1.60 bits per heavy atom. The maximum absolute atomic E-state index is 12.6. The maximum atomic E-state index is 12.6. The largest absolute Gasteiger partial charge is 0.481 e. The normalized spacial score (nSPS) is 29.7. The molecule has 2 unspecified atom stereocenters. The number of imidazole rings is 2. The zero-order valence-corrected chi connectivity index (χ0v) is 27.7. The number of pyridine rings is 1. The van der Waals surface area contributed by atoms with Gasteiger partial charge in [-0.3, -0.25) is 27.3 Å². The number of aromatic nitrogens is 6. The molecule has 0 spiro atoms. The fourth-order valence-electron chi connectivity index (χ4n) is 5.31. The molecule has 2 aliphatic rings. The van der Waals surface area contributed by atoms with Crippen molar-refractivity contribution < 1.29 is 85.3 Å². The van der Waals surface area contributed by atoms with Crippen molar-refractivity contribution in [1.29, 1.82) is 0 Å². The summed E-state index contributed by atoms with van der Waals surface area (Å²) in [7, 11) is -16.3. The Hall–Kier alpha value is -3.12. The van der Waals surface area contributed by atoms with E-state index in [2.05, 4.69) is 19.3 Å². The number of amides is 1. The van der Waals surface area contributed by atoms with E-state index >= 15 is 0 Å². The molecule has 10 atom stereocenters. The van der Waals surface area contributed by atoms with Gasteiger partial charge in [0.1, 0.15) is 42.4 Å². The Labute approximate surface area is 278 Å². The lowest BCUT2D eigenvalue weighted by atomic mass is 10.1. The van der Waals surface area contributed by atoms with Crippen LogP contribution < -0.4 is 10.3 Å². The zero-order valence-electron chi connectivity index (χ0n) is 25.0. The number of hydrogen-bond acceptors (Lipinski definition) is 16. The first kappa shape index (κ1) is 36.7. The van der Waals surface area contributed by atoms with Crippen LogP contribution in [-0.4, -0.2) is 115 Å². The van der Waals surface area contributed by atoms with Crippen LogP contribution in [0.25, 0.3) is 16.8 Å². The molecule has 24 nitrogen and oxygen atoms in total. The molecule has 272 valence electrons. The highest BCUT2D eigenvalue weighted by Crippen LogP contribution is 2.61. The van der Waals surface area contributed by atoms with Gasteiger partial charge in [0.25, 0.3) is 12.1 Å². The third-order valence-electron chi connectivity index (χ3n) is 7.55. The fourth-order valence-corrected chi connectivity index (χ4v) is 7.94. The molecular weight excluding hydrogens is 739 g/mol. The number of primary amides is 1. The van der Waals surface area contributed by atoms with Crippen LogP contribution in [-0.2, 0) is 41.1 Å². The number of nitrogens with two attached hydrogens (primary N) is 1. The minimum Gasteiger partial charge on any atom is -0.387 e. The van der Waals surface area contributed by atoms with Crippen molar-refractivity contribution in [2.75, 3.05) is 13.2 Å². The van der Waals surface area contributed by atoms with Crippen LogP contribution in [0.5, 0.6) is 0 Å². The van der Waals surface area contributed by atoms with Crippen LogP contribution in [0, 0.1) is 0 Å². The standard InChI is InChI=1S/C23H28N7O17P3/c24-19(34)11-2-1-4-28(6-11)22-17(33)15(31)12(44-22)7-42-49(38,39)47-50(40,41)43-8-13-16(32)18(46-48(35,36)37)23(45-13)30-10-26-14-20-25-3-5-29(20)9-27-21(14)30/h1-6,9-10,12-13,15-18,22-23,31-33H,7-8H2,(H5-,24,34,35,36,37,38,39,40,41)/p+1/t12-,13-,15-,16-,17-,18-,22-,23-/m1/s1. The topological polar surface area (TPSA) is 343 Å².